The molecule has 0 spiro atoms. The van der Waals surface area contributed by atoms with E-state index in [1.54, 1.807) is 0 Å². The van der Waals surface area contributed by atoms with E-state index in [4.69, 9.17) is 14.5 Å². The number of pyridine rings is 1. The Bertz CT molecular complexity index is 2330. The molecule has 211 valence electrons. The molecule has 0 atom stereocenters. The van der Waals surface area contributed by atoms with Crippen LogP contribution in [0.1, 0.15) is 13.8 Å². The predicted molar refractivity (Wildman–Crippen MR) is 173 cm³/mol. The summed E-state index contributed by atoms with van der Waals surface area (Å²) in [5.74, 6) is -0.0625. The van der Waals surface area contributed by atoms with Gasteiger partial charge in [0.25, 0.3) is 0 Å². The summed E-state index contributed by atoms with van der Waals surface area (Å²) in [6.07, 6.45) is 3.09. The first-order valence-corrected chi connectivity index (χ1v) is 13.8. The first-order valence-electron chi connectivity index (χ1n) is 13.8. The van der Waals surface area contributed by atoms with E-state index in [-0.39, 0.29) is 31.6 Å². The van der Waals surface area contributed by atoms with Gasteiger partial charge in [0.1, 0.15) is 5.58 Å². The van der Waals surface area contributed by atoms with Crippen molar-refractivity contribution in [3.05, 3.63) is 127 Å². The molecular weight excluding hydrogens is 711 g/mol. The minimum atomic E-state index is -0.125. The van der Waals surface area contributed by atoms with Gasteiger partial charge in [0.15, 0.2) is 5.78 Å². The second-order valence-corrected chi connectivity index (χ2v) is 10.5. The number of carbonyl (C=O) groups excluding carboxylic acids is 1. The third-order valence-electron chi connectivity index (χ3n) is 7.60. The number of hydrogen-bond acceptors (Lipinski definition) is 4. The number of ketones is 1. The number of aliphatic hydroxyl groups excluding tert-OH is 1. The number of allylic oxidation sites excluding steroid dienone is 2. The van der Waals surface area contributed by atoms with Crippen molar-refractivity contribution in [1.29, 1.82) is 0 Å². The number of fused-ring (bicyclic) bond motifs is 11. The molecular formula is C38H26IrNO3-. The van der Waals surface area contributed by atoms with Crippen LogP contribution in [0.15, 0.2) is 126 Å². The maximum Gasteiger partial charge on any atom is 0.155 e. The molecule has 0 aliphatic carbocycles. The molecule has 0 amide bonds. The van der Waals surface area contributed by atoms with Gasteiger partial charge in [-0.3, -0.25) is 4.79 Å². The summed E-state index contributed by atoms with van der Waals surface area (Å²) in [5, 5.41) is 20.2. The molecule has 0 saturated heterocycles. The van der Waals surface area contributed by atoms with Crippen molar-refractivity contribution in [2.24, 2.45) is 0 Å². The van der Waals surface area contributed by atoms with Crippen LogP contribution in [0.2, 0.25) is 0 Å². The first kappa shape index (κ1) is 28.3. The van der Waals surface area contributed by atoms with Crippen LogP contribution in [-0.2, 0) is 24.9 Å². The van der Waals surface area contributed by atoms with Crippen LogP contribution in [0.25, 0.3) is 76.3 Å². The number of rotatable bonds is 2. The van der Waals surface area contributed by atoms with Crippen LogP contribution in [-0.4, -0.2) is 15.9 Å². The Balaban J connectivity index is 0.000000371. The summed E-state index contributed by atoms with van der Waals surface area (Å²) in [5.41, 5.74) is 3.51. The van der Waals surface area contributed by atoms with Crippen LogP contribution in [0.3, 0.4) is 0 Å². The molecule has 0 bridgehead atoms. The van der Waals surface area contributed by atoms with Gasteiger partial charge in [-0.2, -0.15) is 0 Å². The Morgan fingerprint density at radius 3 is 1.93 bits per heavy atom. The molecule has 0 unspecified atom stereocenters. The van der Waals surface area contributed by atoms with Crippen molar-refractivity contribution in [3.63, 3.8) is 0 Å². The molecule has 1 radical (unpaired) electrons. The SMILES string of the molecule is CC(=O)/C=C(/C)O.[Ir].[c-]1ccc2c(oc3c2ccc2c4ccccc4c4ccccc4c23)c1-c1cc2ccccc2cn1. The standard InChI is InChI=1S/C33H18NO.C5H8O2.Ir/c1-2-9-21-19-34-30(18-20(21)8-1)29-15-7-14-27-28-17-16-26-24-12-4-3-10-22(24)23-11-5-6-13-25(23)31(26)33(28)35-32(27)29;1-4(6)3-5(2)7;/h1-14,16-19H;3,6H,1-2H3;/q-1;;/b;4-3-;. The molecule has 0 aliphatic rings. The van der Waals surface area contributed by atoms with E-state index in [1.165, 1.54) is 46.9 Å². The zero-order chi connectivity index (χ0) is 28.8. The molecule has 1 N–H and O–H groups in total. The summed E-state index contributed by atoms with van der Waals surface area (Å²) >= 11 is 0. The summed E-state index contributed by atoms with van der Waals surface area (Å²) in [4.78, 5) is 14.8. The molecule has 43 heavy (non-hydrogen) atoms. The number of hydrogen-bond donors (Lipinski definition) is 1. The van der Waals surface area contributed by atoms with Gasteiger partial charge >= 0.3 is 0 Å². The van der Waals surface area contributed by atoms with Crippen LogP contribution in [0.4, 0.5) is 0 Å². The zero-order valence-electron chi connectivity index (χ0n) is 23.5. The van der Waals surface area contributed by atoms with Crippen molar-refractivity contribution in [2.75, 3.05) is 0 Å². The summed E-state index contributed by atoms with van der Waals surface area (Å²) in [6.45, 7) is 2.85. The molecule has 0 saturated carbocycles. The van der Waals surface area contributed by atoms with Crippen LogP contribution in [0.5, 0.6) is 0 Å². The maximum absolute atomic E-state index is 10.0. The number of nitrogens with zero attached hydrogens (tertiary/aromatic N) is 1. The Kier molecular flexibility index (Phi) is 7.53. The monoisotopic (exact) mass is 737 g/mol. The van der Waals surface area contributed by atoms with E-state index in [0.29, 0.717) is 0 Å². The average molecular weight is 737 g/mol. The average Bonchev–Trinajstić information content (AvgIpc) is 3.39. The predicted octanol–water partition coefficient (Wildman–Crippen LogP) is 10.1. The fourth-order valence-electron chi connectivity index (χ4n) is 5.89. The van der Waals surface area contributed by atoms with E-state index >= 15 is 0 Å². The third kappa shape index (κ3) is 4.97. The number of aromatic nitrogens is 1. The van der Waals surface area contributed by atoms with Gasteiger partial charge in [0.05, 0.1) is 11.3 Å². The van der Waals surface area contributed by atoms with E-state index < -0.39 is 0 Å². The molecule has 0 aliphatic heterocycles. The largest absolute Gasteiger partial charge is 0.512 e. The molecule has 2 aromatic heterocycles. The van der Waals surface area contributed by atoms with E-state index in [0.717, 1.165) is 49.4 Å². The van der Waals surface area contributed by atoms with Gasteiger partial charge in [-0.15, -0.1) is 18.2 Å². The Morgan fingerprint density at radius 1 is 0.721 bits per heavy atom. The Labute approximate surface area is 261 Å². The molecule has 0 fully saturated rings. The van der Waals surface area contributed by atoms with Crippen molar-refractivity contribution in [2.45, 2.75) is 13.8 Å². The number of carbonyl (C=O) groups is 1. The number of aliphatic hydroxyl groups is 1. The molecule has 8 rings (SSSR count). The maximum atomic E-state index is 10.0. The van der Waals surface area contributed by atoms with E-state index in [2.05, 4.69) is 97.1 Å². The van der Waals surface area contributed by atoms with Crippen molar-refractivity contribution < 1.29 is 34.4 Å². The fraction of sp³-hybridized carbons (Fsp3) is 0.0526. The molecule has 6 aromatic carbocycles. The van der Waals surface area contributed by atoms with Crippen LogP contribution >= 0.6 is 0 Å². The summed E-state index contributed by atoms with van der Waals surface area (Å²) < 4.78 is 6.75. The van der Waals surface area contributed by atoms with Gasteiger partial charge in [0, 0.05) is 43.2 Å². The topological polar surface area (TPSA) is 63.3 Å². The molecule has 4 nitrogen and oxygen atoms in total. The number of benzene rings is 6. The summed E-state index contributed by atoms with van der Waals surface area (Å²) in [6, 6.07) is 39.6. The van der Waals surface area contributed by atoms with Gasteiger partial charge in [-0.25, -0.2) is 0 Å². The second kappa shape index (κ2) is 11.4. The minimum absolute atomic E-state index is 0. The van der Waals surface area contributed by atoms with Gasteiger partial charge < -0.3 is 14.5 Å². The first-order chi connectivity index (χ1) is 20.5. The zero-order valence-corrected chi connectivity index (χ0v) is 25.9. The quantitative estimate of drug-likeness (QED) is 0.0831. The molecule has 8 aromatic rings. The number of furan rings is 1. The van der Waals surface area contributed by atoms with Crippen LogP contribution < -0.4 is 0 Å². The minimum Gasteiger partial charge on any atom is -0.512 e. The van der Waals surface area contributed by atoms with E-state index in [9.17, 15) is 4.79 Å². The van der Waals surface area contributed by atoms with Gasteiger partial charge in [0.2, 0.25) is 0 Å². The second-order valence-electron chi connectivity index (χ2n) is 10.5. The van der Waals surface area contributed by atoms with Gasteiger partial charge in [-0.1, -0.05) is 102 Å². The van der Waals surface area contributed by atoms with E-state index in [1.807, 2.05) is 18.3 Å². The normalized spacial score (nSPS) is 11.6. The Morgan fingerprint density at radius 2 is 1.28 bits per heavy atom. The van der Waals surface area contributed by atoms with Crippen molar-refractivity contribution in [3.8, 4) is 11.3 Å². The van der Waals surface area contributed by atoms with Crippen LogP contribution in [0, 0.1) is 6.07 Å². The van der Waals surface area contributed by atoms with Crippen molar-refractivity contribution in [1.82, 2.24) is 4.98 Å². The fourth-order valence-corrected chi connectivity index (χ4v) is 5.89. The van der Waals surface area contributed by atoms with Crippen molar-refractivity contribution >= 4 is 70.8 Å². The molecule has 2 heterocycles. The summed E-state index contributed by atoms with van der Waals surface area (Å²) in [7, 11) is 0. The van der Waals surface area contributed by atoms with Gasteiger partial charge in [-0.05, 0) is 57.2 Å². The molecule has 5 heteroatoms. The smallest absolute Gasteiger partial charge is 0.155 e. The Hall–Kier alpha value is -4.83. The third-order valence-corrected chi connectivity index (χ3v) is 7.60.